The smallest absolute Gasteiger partial charge is 0.348 e. The van der Waals surface area contributed by atoms with Crippen molar-refractivity contribution in [3.05, 3.63) is 74.2 Å². The van der Waals surface area contributed by atoms with Crippen LogP contribution in [0.1, 0.15) is 65.1 Å². The van der Waals surface area contributed by atoms with Crippen LogP contribution >= 0.6 is 11.3 Å². The Morgan fingerprint density at radius 1 is 1.00 bits per heavy atom. The van der Waals surface area contributed by atoms with Gasteiger partial charge in [0.2, 0.25) is 5.78 Å². The molecule has 0 aliphatic heterocycles. The summed E-state index contributed by atoms with van der Waals surface area (Å²) in [6.07, 6.45) is 4.32. The Morgan fingerprint density at radius 3 is 2.41 bits per heavy atom. The molecule has 0 amide bonds. The fourth-order valence-electron chi connectivity index (χ4n) is 4.18. The number of methoxy groups -OCH3 is 1. The van der Waals surface area contributed by atoms with Gasteiger partial charge < -0.3 is 14.0 Å². The minimum absolute atomic E-state index is 0.245. The number of ketones is 1. The minimum Gasteiger partial charge on any atom is -0.465 e. The number of carbonyl (C=O) groups excluding carboxylic acids is 3. The van der Waals surface area contributed by atoms with E-state index in [0.717, 1.165) is 42.8 Å². The van der Waals surface area contributed by atoms with Crippen molar-refractivity contribution in [2.24, 2.45) is 0 Å². The molecule has 32 heavy (non-hydrogen) atoms. The van der Waals surface area contributed by atoms with Crippen LogP contribution in [0.15, 0.2) is 36.4 Å². The van der Waals surface area contributed by atoms with Crippen LogP contribution in [0.5, 0.6) is 0 Å². The second-order valence-corrected chi connectivity index (χ2v) is 9.06. The van der Waals surface area contributed by atoms with Crippen LogP contribution in [0, 0.1) is 13.8 Å². The molecule has 0 bridgehead atoms. The van der Waals surface area contributed by atoms with Crippen LogP contribution < -0.4 is 0 Å². The number of aryl methyl sites for hydroxylation is 3. The summed E-state index contributed by atoms with van der Waals surface area (Å²) in [4.78, 5) is 38.8. The molecule has 1 aromatic carbocycles. The van der Waals surface area contributed by atoms with Gasteiger partial charge in [-0.25, -0.2) is 9.59 Å². The number of fused-ring (bicyclic) bond motifs is 1. The van der Waals surface area contributed by atoms with Crippen molar-refractivity contribution in [3.63, 3.8) is 0 Å². The number of esters is 2. The zero-order valence-electron chi connectivity index (χ0n) is 18.4. The van der Waals surface area contributed by atoms with Gasteiger partial charge in [-0.3, -0.25) is 4.79 Å². The molecule has 6 nitrogen and oxygen atoms in total. The quantitative estimate of drug-likeness (QED) is 0.395. The van der Waals surface area contributed by atoms with Crippen LogP contribution in [0.25, 0.3) is 5.69 Å². The average Bonchev–Trinajstić information content (AvgIpc) is 3.37. The monoisotopic (exact) mass is 451 g/mol. The number of carbonyl (C=O) groups is 3. The van der Waals surface area contributed by atoms with Gasteiger partial charge in [-0.1, -0.05) is 0 Å². The van der Waals surface area contributed by atoms with E-state index in [4.69, 9.17) is 9.47 Å². The van der Waals surface area contributed by atoms with Gasteiger partial charge in [0, 0.05) is 27.5 Å². The SMILES string of the molecule is COC(=O)c1ccc(-n2c(C)cc(C(=O)COC(=O)c3cc4c(s3)CCCC4)c2C)cc1. The third-order valence-electron chi connectivity index (χ3n) is 5.81. The first-order chi connectivity index (χ1) is 15.4. The molecule has 0 atom stereocenters. The van der Waals surface area contributed by atoms with Crippen LogP contribution in [0.3, 0.4) is 0 Å². The summed E-state index contributed by atoms with van der Waals surface area (Å²) < 4.78 is 12.0. The van der Waals surface area contributed by atoms with E-state index in [1.165, 1.54) is 28.9 Å². The van der Waals surface area contributed by atoms with E-state index in [1.807, 2.05) is 24.5 Å². The number of hydrogen-bond donors (Lipinski definition) is 0. The van der Waals surface area contributed by atoms with Crippen molar-refractivity contribution in [3.8, 4) is 5.69 Å². The standard InChI is InChI=1S/C25H25NO5S/c1-15-12-20(16(2)26(15)19-10-8-17(9-11-19)24(28)30-3)21(27)14-31-25(29)23-13-18-6-4-5-7-22(18)32-23/h8-13H,4-7,14H2,1-3H3. The summed E-state index contributed by atoms with van der Waals surface area (Å²) >= 11 is 1.48. The predicted molar refractivity (Wildman–Crippen MR) is 122 cm³/mol. The lowest BCUT2D eigenvalue weighted by Crippen LogP contribution is -2.14. The molecule has 1 aliphatic rings. The number of hydrogen-bond acceptors (Lipinski definition) is 6. The molecule has 0 spiro atoms. The maximum absolute atomic E-state index is 12.8. The van der Waals surface area contributed by atoms with E-state index >= 15 is 0 Å². The van der Waals surface area contributed by atoms with Crippen LogP contribution in [-0.4, -0.2) is 36.0 Å². The van der Waals surface area contributed by atoms with E-state index in [1.54, 1.807) is 30.3 Å². The Morgan fingerprint density at radius 2 is 1.72 bits per heavy atom. The van der Waals surface area contributed by atoms with Crippen LogP contribution in [0.4, 0.5) is 0 Å². The summed E-state index contributed by atoms with van der Waals surface area (Å²) in [7, 11) is 1.34. The van der Waals surface area contributed by atoms with Gasteiger partial charge in [0.25, 0.3) is 0 Å². The van der Waals surface area contributed by atoms with Gasteiger partial charge in [0.15, 0.2) is 6.61 Å². The van der Waals surface area contributed by atoms with Crippen molar-refractivity contribution in [1.29, 1.82) is 0 Å². The maximum Gasteiger partial charge on any atom is 0.348 e. The van der Waals surface area contributed by atoms with Crippen LogP contribution in [-0.2, 0) is 22.3 Å². The molecule has 1 aliphatic carbocycles. The highest BCUT2D eigenvalue weighted by molar-refractivity contribution is 7.14. The van der Waals surface area contributed by atoms with Gasteiger partial charge >= 0.3 is 11.9 Å². The number of ether oxygens (including phenoxy) is 2. The third-order valence-corrected chi connectivity index (χ3v) is 7.03. The first-order valence-electron chi connectivity index (χ1n) is 10.6. The zero-order valence-corrected chi connectivity index (χ0v) is 19.2. The number of thiophene rings is 1. The lowest BCUT2D eigenvalue weighted by atomic mass is 9.99. The van der Waals surface area contributed by atoms with E-state index in [-0.39, 0.29) is 12.4 Å². The Kier molecular flexibility index (Phi) is 6.28. The van der Waals surface area contributed by atoms with Crippen molar-refractivity contribution < 1.29 is 23.9 Å². The molecule has 3 aromatic rings. The molecule has 7 heteroatoms. The highest BCUT2D eigenvalue weighted by atomic mass is 32.1. The van der Waals surface area contributed by atoms with Gasteiger partial charge in [0.1, 0.15) is 4.88 Å². The predicted octanol–water partition coefficient (Wildman–Crippen LogP) is 4.86. The number of rotatable bonds is 6. The molecule has 2 heterocycles. The lowest BCUT2D eigenvalue weighted by Gasteiger charge is -2.10. The summed E-state index contributed by atoms with van der Waals surface area (Å²) in [5.74, 6) is -1.09. The Hall–Kier alpha value is -3.19. The summed E-state index contributed by atoms with van der Waals surface area (Å²) in [6.45, 7) is 3.46. The Labute approximate surface area is 190 Å². The highest BCUT2D eigenvalue weighted by Gasteiger charge is 2.21. The molecule has 0 radical (unpaired) electrons. The van der Waals surface area contributed by atoms with E-state index in [2.05, 4.69) is 0 Å². The normalized spacial score (nSPS) is 12.8. The maximum atomic E-state index is 12.8. The highest BCUT2D eigenvalue weighted by Crippen LogP contribution is 2.30. The molecule has 166 valence electrons. The molecule has 0 N–H and O–H groups in total. The Balaban J connectivity index is 1.47. The van der Waals surface area contributed by atoms with Gasteiger partial charge in [-0.15, -0.1) is 11.3 Å². The molecule has 0 unspecified atom stereocenters. The second-order valence-electron chi connectivity index (χ2n) is 7.92. The zero-order chi connectivity index (χ0) is 22.8. The number of aromatic nitrogens is 1. The van der Waals surface area contributed by atoms with E-state index in [0.29, 0.717) is 16.0 Å². The molecule has 4 rings (SSSR count). The van der Waals surface area contributed by atoms with Gasteiger partial charge in [-0.2, -0.15) is 0 Å². The number of benzene rings is 1. The molecule has 2 aromatic heterocycles. The molecule has 0 saturated heterocycles. The van der Waals surface area contributed by atoms with Crippen LogP contribution in [0.2, 0.25) is 0 Å². The second kappa shape index (κ2) is 9.12. The minimum atomic E-state index is -0.440. The van der Waals surface area contributed by atoms with Gasteiger partial charge in [0.05, 0.1) is 12.7 Å². The fraction of sp³-hybridized carbons (Fsp3) is 0.320. The Bertz CT molecular complexity index is 1160. The summed E-state index contributed by atoms with van der Waals surface area (Å²) in [5.41, 5.74) is 4.65. The molecule has 0 saturated carbocycles. The third kappa shape index (κ3) is 4.25. The average molecular weight is 452 g/mol. The van der Waals surface area contributed by atoms with E-state index < -0.39 is 11.9 Å². The lowest BCUT2D eigenvalue weighted by molar-refractivity contribution is 0.0479. The van der Waals surface area contributed by atoms with Crippen molar-refractivity contribution in [2.45, 2.75) is 39.5 Å². The number of nitrogens with zero attached hydrogens (tertiary/aromatic N) is 1. The first-order valence-corrected chi connectivity index (χ1v) is 11.4. The van der Waals surface area contributed by atoms with Gasteiger partial charge in [-0.05, 0) is 81.5 Å². The largest absolute Gasteiger partial charge is 0.465 e. The fourth-order valence-corrected chi connectivity index (χ4v) is 5.33. The first kappa shape index (κ1) is 22.0. The summed E-state index contributed by atoms with van der Waals surface area (Å²) in [5, 5.41) is 0. The molecular weight excluding hydrogens is 426 g/mol. The number of Topliss-reactive ketones (excluding diaryl/α,β-unsaturated/α-hetero) is 1. The van der Waals surface area contributed by atoms with Crippen molar-refractivity contribution >= 4 is 29.1 Å². The molecular formula is C25H25NO5S. The topological polar surface area (TPSA) is 74.6 Å². The van der Waals surface area contributed by atoms with E-state index in [9.17, 15) is 14.4 Å². The molecule has 0 fully saturated rings. The van der Waals surface area contributed by atoms with Crippen molar-refractivity contribution in [1.82, 2.24) is 4.57 Å². The van der Waals surface area contributed by atoms with Crippen molar-refractivity contribution in [2.75, 3.05) is 13.7 Å². The summed E-state index contributed by atoms with van der Waals surface area (Å²) in [6, 6.07) is 10.7.